The van der Waals surface area contributed by atoms with Gasteiger partial charge in [-0.3, -0.25) is 0 Å². The maximum absolute atomic E-state index is 13.0. The molecule has 0 unspecified atom stereocenters. The first kappa shape index (κ1) is 13.9. The van der Waals surface area contributed by atoms with Crippen LogP contribution < -0.4 is 10.1 Å². The van der Waals surface area contributed by atoms with E-state index in [1.54, 1.807) is 13.2 Å². The first-order chi connectivity index (χ1) is 9.10. The Hall–Kier alpha value is -1.55. The number of benzene rings is 2. The van der Waals surface area contributed by atoms with Crippen LogP contribution in [-0.4, -0.2) is 7.11 Å². The van der Waals surface area contributed by atoms with E-state index in [4.69, 9.17) is 4.74 Å². The van der Waals surface area contributed by atoms with Crippen LogP contribution in [0.4, 0.5) is 10.1 Å². The van der Waals surface area contributed by atoms with Gasteiger partial charge in [-0.2, -0.15) is 0 Å². The number of hydrogen-bond donors (Lipinski definition) is 1. The summed E-state index contributed by atoms with van der Waals surface area (Å²) in [5.74, 6) is 0.585. The lowest BCUT2D eigenvalue weighted by Crippen LogP contribution is -2.02. The molecule has 0 aliphatic carbocycles. The highest BCUT2D eigenvalue weighted by molar-refractivity contribution is 9.10. The van der Waals surface area contributed by atoms with Gasteiger partial charge in [0, 0.05) is 22.3 Å². The van der Waals surface area contributed by atoms with Gasteiger partial charge in [-0.05, 0) is 47.1 Å². The van der Waals surface area contributed by atoms with E-state index in [0.29, 0.717) is 11.0 Å². The van der Waals surface area contributed by atoms with Crippen LogP contribution in [0.5, 0.6) is 5.75 Å². The largest absolute Gasteiger partial charge is 0.496 e. The number of rotatable bonds is 4. The topological polar surface area (TPSA) is 21.3 Å². The predicted octanol–water partition coefficient (Wildman–Crippen LogP) is 4.52. The van der Waals surface area contributed by atoms with Crippen molar-refractivity contribution in [2.75, 3.05) is 12.4 Å². The Balaban J connectivity index is 2.16. The Morgan fingerprint density at radius 2 is 2.00 bits per heavy atom. The van der Waals surface area contributed by atoms with Crippen molar-refractivity contribution in [1.29, 1.82) is 0 Å². The van der Waals surface area contributed by atoms with Gasteiger partial charge in [0.2, 0.25) is 0 Å². The Kier molecular flexibility index (Phi) is 4.43. The molecule has 0 atom stereocenters. The third kappa shape index (κ3) is 3.47. The van der Waals surface area contributed by atoms with Gasteiger partial charge in [0.05, 0.1) is 7.11 Å². The molecule has 0 amide bonds. The highest BCUT2D eigenvalue weighted by Crippen LogP contribution is 2.25. The van der Waals surface area contributed by atoms with Crippen LogP contribution in [0.2, 0.25) is 0 Å². The van der Waals surface area contributed by atoms with Gasteiger partial charge in [-0.25, -0.2) is 4.39 Å². The molecular formula is C15H15BrFNO. The summed E-state index contributed by atoms with van der Waals surface area (Å²) in [6.45, 7) is 2.66. The highest BCUT2D eigenvalue weighted by atomic mass is 79.9. The summed E-state index contributed by atoms with van der Waals surface area (Å²) in [6.07, 6.45) is 0. The smallest absolute Gasteiger partial charge is 0.124 e. The van der Waals surface area contributed by atoms with E-state index in [1.165, 1.54) is 17.7 Å². The number of ether oxygens (including phenoxy) is 1. The van der Waals surface area contributed by atoms with Crippen LogP contribution in [0.3, 0.4) is 0 Å². The molecule has 0 heterocycles. The molecule has 0 saturated carbocycles. The van der Waals surface area contributed by atoms with Crippen molar-refractivity contribution in [1.82, 2.24) is 0 Å². The number of aryl methyl sites for hydroxylation is 1. The number of halogens is 2. The molecule has 0 spiro atoms. The molecule has 2 nitrogen and oxygen atoms in total. The molecule has 19 heavy (non-hydrogen) atoms. The first-order valence-corrected chi connectivity index (χ1v) is 6.72. The normalized spacial score (nSPS) is 10.3. The zero-order chi connectivity index (χ0) is 13.8. The van der Waals surface area contributed by atoms with Crippen molar-refractivity contribution < 1.29 is 9.13 Å². The number of hydrogen-bond acceptors (Lipinski definition) is 2. The van der Waals surface area contributed by atoms with Crippen LogP contribution in [0.25, 0.3) is 0 Å². The van der Waals surface area contributed by atoms with Crippen molar-refractivity contribution in [3.8, 4) is 5.75 Å². The Morgan fingerprint density at radius 3 is 2.68 bits per heavy atom. The minimum absolute atomic E-state index is 0.259. The third-order valence-corrected chi connectivity index (χ3v) is 3.49. The van der Waals surface area contributed by atoms with Crippen molar-refractivity contribution in [3.63, 3.8) is 0 Å². The van der Waals surface area contributed by atoms with Crippen molar-refractivity contribution in [2.45, 2.75) is 13.5 Å². The summed E-state index contributed by atoms with van der Waals surface area (Å²) in [6, 6.07) is 10.6. The summed E-state index contributed by atoms with van der Waals surface area (Å²) in [5, 5.41) is 3.26. The lowest BCUT2D eigenvalue weighted by Gasteiger charge is -2.12. The van der Waals surface area contributed by atoms with E-state index < -0.39 is 0 Å². The van der Waals surface area contributed by atoms with Crippen LogP contribution in [0.1, 0.15) is 11.1 Å². The molecule has 2 aromatic carbocycles. The molecule has 4 heteroatoms. The fraction of sp³-hybridized carbons (Fsp3) is 0.200. The minimum atomic E-state index is -0.259. The maximum Gasteiger partial charge on any atom is 0.124 e. The fourth-order valence-electron chi connectivity index (χ4n) is 1.87. The van der Waals surface area contributed by atoms with Crippen molar-refractivity contribution >= 4 is 21.6 Å². The van der Waals surface area contributed by atoms with Crippen LogP contribution in [-0.2, 0) is 6.54 Å². The summed E-state index contributed by atoms with van der Waals surface area (Å²) < 4.78 is 19.0. The Morgan fingerprint density at radius 1 is 1.21 bits per heavy atom. The molecule has 0 fully saturated rings. The van der Waals surface area contributed by atoms with E-state index >= 15 is 0 Å². The quantitative estimate of drug-likeness (QED) is 0.893. The molecule has 0 aliphatic heterocycles. The van der Waals surface area contributed by atoms with Crippen molar-refractivity contribution in [2.24, 2.45) is 0 Å². The van der Waals surface area contributed by atoms with E-state index in [9.17, 15) is 4.39 Å². The summed E-state index contributed by atoms with van der Waals surface area (Å²) in [7, 11) is 1.65. The van der Waals surface area contributed by atoms with Gasteiger partial charge >= 0.3 is 0 Å². The standard InChI is InChI=1S/C15H15BrFNO/c1-10-3-6-15(19-2)11(7-10)9-18-14-5-4-12(17)8-13(14)16/h3-8,18H,9H2,1-2H3. The first-order valence-electron chi connectivity index (χ1n) is 5.92. The summed E-state index contributed by atoms with van der Waals surface area (Å²) in [4.78, 5) is 0. The summed E-state index contributed by atoms with van der Waals surface area (Å²) >= 11 is 3.34. The van der Waals surface area contributed by atoms with Crippen LogP contribution in [0.15, 0.2) is 40.9 Å². The molecule has 1 N–H and O–H groups in total. The molecule has 2 rings (SSSR count). The van der Waals surface area contributed by atoms with E-state index in [1.807, 2.05) is 19.1 Å². The van der Waals surface area contributed by atoms with Gasteiger partial charge in [0.25, 0.3) is 0 Å². The van der Waals surface area contributed by atoms with Gasteiger partial charge in [-0.1, -0.05) is 17.7 Å². The lowest BCUT2D eigenvalue weighted by molar-refractivity contribution is 0.410. The van der Waals surface area contributed by atoms with Crippen LogP contribution >= 0.6 is 15.9 Å². The minimum Gasteiger partial charge on any atom is -0.496 e. The maximum atomic E-state index is 13.0. The second-order valence-corrected chi connectivity index (χ2v) is 5.15. The highest BCUT2D eigenvalue weighted by Gasteiger charge is 2.05. The predicted molar refractivity (Wildman–Crippen MR) is 79.2 cm³/mol. The number of anilines is 1. The fourth-order valence-corrected chi connectivity index (χ4v) is 2.36. The molecule has 2 aromatic rings. The SMILES string of the molecule is COc1ccc(C)cc1CNc1ccc(F)cc1Br. The molecule has 0 aliphatic rings. The van der Waals surface area contributed by atoms with E-state index in [-0.39, 0.29) is 5.82 Å². The Bertz CT molecular complexity index is 586. The molecule has 0 aromatic heterocycles. The molecule has 0 saturated heterocycles. The van der Waals surface area contributed by atoms with Gasteiger partial charge in [0.15, 0.2) is 0 Å². The average molecular weight is 324 g/mol. The van der Waals surface area contributed by atoms with Gasteiger partial charge in [-0.15, -0.1) is 0 Å². The third-order valence-electron chi connectivity index (χ3n) is 2.84. The van der Waals surface area contributed by atoms with Crippen molar-refractivity contribution in [3.05, 3.63) is 57.8 Å². The van der Waals surface area contributed by atoms with E-state index in [0.717, 1.165) is 17.0 Å². The number of methoxy groups -OCH3 is 1. The summed E-state index contributed by atoms with van der Waals surface area (Å²) in [5.41, 5.74) is 3.10. The monoisotopic (exact) mass is 323 g/mol. The number of nitrogens with one attached hydrogen (secondary N) is 1. The zero-order valence-electron chi connectivity index (χ0n) is 10.8. The van der Waals surface area contributed by atoms with Crippen LogP contribution in [0, 0.1) is 12.7 Å². The van der Waals surface area contributed by atoms with E-state index in [2.05, 4.69) is 27.3 Å². The molecule has 0 radical (unpaired) electrons. The molecular weight excluding hydrogens is 309 g/mol. The molecule has 0 bridgehead atoms. The second kappa shape index (κ2) is 6.06. The lowest BCUT2D eigenvalue weighted by atomic mass is 10.1. The second-order valence-electron chi connectivity index (χ2n) is 4.29. The van der Waals surface area contributed by atoms with Gasteiger partial charge in [0.1, 0.15) is 11.6 Å². The zero-order valence-corrected chi connectivity index (χ0v) is 12.4. The average Bonchev–Trinajstić information content (AvgIpc) is 2.38. The molecule has 100 valence electrons. The Labute approximate surface area is 120 Å². The van der Waals surface area contributed by atoms with Gasteiger partial charge < -0.3 is 10.1 Å².